The van der Waals surface area contributed by atoms with Gasteiger partial charge in [-0.1, -0.05) is 6.92 Å². The van der Waals surface area contributed by atoms with Crippen LogP contribution in [-0.4, -0.2) is 48.4 Å². The van der Waals surface area contributed by atoms with Gasteiger partial charge >= 0.3 is 0 Å². The van der Waals surface area contributed by atoms with Gasteiger partial charge in [0.05, 0.1) is 4.88 Å². The molecule has 1 saturated heterocycles. The zero-order valence-electron chi connectivity index (χ0n) is 11.4. The van der Waals surface area contributed by atoms with Gasteiger partial charge in [0.25, 0.3) is 5.91 Å². The summed E-state index contributed by atoms with van der Waals surface area (Å²) >= 11 is 1.45. The van der Waals surface area contributed by atoms with Gasteiger partial charge in [-0.3, -0.25) is 15.1 Å². The van der Waals surface area contributed by atoms with Crippen LogP contribution in [0, 0.1) is 0 Å². The van der Waals surface area contributed by atoms with Gasteiger partial charge in [-0.15, -0.1) is 11.3 Å². The topological polar surface area (TPSA) is 61.6 Å². The van der Waals surface area contributed by atoms with Gasteiger partial charge in [-0.05, 0) is 30.0 Å². The lowest BCUT2D eigenvalue weighted by Crippen LogP contribution is -2.46. The van der Waals surface area contributed by atoms with Crippen molar-refractivity contribution in [3.8, 4) is 0 Å². The average Bonchev–Trinajstić information content (AvgIpc) is 2.88. The number of carbonyl (C=O) groups is 1. The van der Waals surface area contributed by atoms with Crippen molar-refractivity contribution in [3.63, 3.8) is 0 Å². The minimum Gasteiger partial charge on any atom is -0.301 e. The molecule has 0 saturated carbocycles. The fourth-order valence-corrected chi connectivity index (χ4v) is 3.27. The standard InChI is InChI=1S/C13H22N4OS/c1-2-4-16-5-7-17(8-6-16)10-11-3-9-19-12(11)13(18)15-14/h3,9H,2,4-8,10,14H2,1H3,(H,15,18). The Hall–Kier alpha value is -0.950. The second-order valence-electron chi connectivity index (χ2n) is 4.87. The number of rotatable bonds is 5. The Bertz CT molecular complexity index is 413. The summed E-state index contributed by atoms with van der Waals surface area (Å²) < 4.78 is 0. The normalized spacial score (nSPS) is 17.6. The summed E-state index contributed by atoms with van der Waals surface area (Å²) in [6, 6.07) is 2.02. The van der Waals surface area contributed by atoms with E-state index in [0.29, 0.717) is 0 Å². The number of nitrogens with two attached hydrogens (primary N) is 1. The fourth-order valence-electron chi connectivity index (χ4n) is 2.45. The van der Waals surface area contributed by atoms with E-state index >= 15 is 0 Å². The van der Waals surface area contributed by atoms with Gasteiger partial charge < -0.3 is 4.90 Å². The van der Waals surface area contributed by atoms with Crippen molar-refractivity contribution in [2.75, 3.05) is 32.7 Å². The van der Waals surface area contributed by atoms with E-state index in [4.69, 9.17) is 5.84 Å². The molecule has 0 aromatic carbocycles. The molecule has 2 heterocycles. The van der Waals surface area contributed by atoms with Gasteiger partial charge in [0.2, 0.25) is 0 Å². The molecular weight excluding hydrogens is 260 g/mol. The molecule has 0 atom stereocenters. The van der Waals surface area contributed by atoms with E-state index in [1.807, 2.05) is 11.4 Å². The second kappa shape index (κ2) is 7.00. The van der Waals surface area contributed by atoms with Crippen LogP contribution in [0.15, 0.2) is 11.4 Å². The Kier molecular flexibility index (Phi) is 5.33. The number of piperazine rings is 1. The van der Waals surface area contributed by atoms with E-state index < -0.39 is 0 Å². The Morgan fingerprint density at radius 2 is 2.05 bits per heavy atom. The van der Waals surface area contributed by atoms with Crippen molar-refractivity contribution in [3.05, 3.63) is 21.9 Å². The lowest BCUT2D eigenvalue weighted by atomic mass is 10.2. The van der Waals surface area contributed by atoms with E-state index in [9.17, 15) is 4.79 Å². The lowest BCUT2D eigenvalue weighted by Gasteiger charge is -2.34. The molecule has 6 heteroatoms. The van der Waals surface area contributed by atoms with Crippen molar-refractivity contribution in [1.82, 2.24) is 15.2 Å². The van der Waals surface area contributed by atoms with Gasteiger partial charge in [-0.2, -0.15) is 0 Å². The van der Waals surface area contributed by atoms with Crippen molar-refractivity contribution in [2.45, 2.75) is 19.9 Å². The van der Waals surface area contributed by atoms with Gasteiger partial charge in [0.1, 0.15) is 0 Å². The van der Waals surface area contributed by atoms with E-state index in [0.717, 1.165) is 43.2 Å². The van der Waals surface area contributed by atoms with E-state index in [2.05, 4.69) is 22.1 Å². The molecule has 1 amide bonds. The van der Waals surface area contributed by atoms with Crippen molar-refractivity contribution in [1.29, 1.82) is 0 Å². The minimum absolute atomic E-state index is 0.186. The first kappa shape index (κ1) is 14.5. The highest BCUT2D eigenvalue weighted by Crippen LogP contribution is 2.19. The molecule has 106 valence electrons. The molecule has 1 aliphatic heterocycles. The predicted octanol–water partition coefficient (Wildman–Crippen LogP) is 0.879. The number of nitrogens with zero attached hydrogens (tertiary/aromatic N) is 2. The summed E-state index contributed by atoms with van der Waals surface area (Å²) in [5.74, 6) is 5.02. The molecule has 0 radical (unpaired) electrons. The lowest BCUT2D eigenvalue weighted by molar-refractivity contribution is 0.0953. The highest BCUT2D eigenvalue weighted by atomic mass is 32.1. The predicted molar refractivity (Wildman–Crippen MR) is 78.0 cm³/mol. The van der Waals surface area contributed by atoms with Gasteiger partial charge in [-0.25, -0.2) is 5.84 Å². The fraction of sp³-hybridized carbons (Fsp3) is 0.615. The van der Waals surface area contributed by atoms with Crippen LogP contribution < -0.4 is 11.3 Å². The largest absolute Gasteiger partial charge is 0.301 e. The van der Waals surface area contributed by atoms with Crippen molar-refractivity contribution in [2.24, 2.45) is 5.84 Å². The summed E-state index contributed by atoms with van der Waals surface area (Å²) in [6.45, 7) is 8.63. The Balaban J connectivity index is 1.89. The van der Waals surface area contributed by atoms with Crippen LogP contribution in [0.25, 0.3) is 0 Å². The quantitative estimate of drug-likeness (QED) is 0.478. The molecule has 1 aromatic rings. The Labute approximate surface area is 118 Å². The maximum Gasteiger partial charge on any atom is 0.275 e. The first-order chi connectivity index (χ1) is 9.24. The maximum absolute atomic E-state index is 11.6. The van der Waals surface area contributed by atoms with Crippen LogP contribution in [0.1, 0.15) is 28.6 Å². The van der Waals surface area contributed by atoms with Crippen LogP contribution in [-0.2, 0) is 6.54 Å². The smallest absolute Gasteiger partial charge is 0.275 e. The molecular formula is C13H22N4OS. The van der Waals surface area contributed by atoms with Crippen LogP contribution in [0.5, 0.6) is 0 Å². The van der Waals surface area contributed by atoms with Gasteiger partial charge in [0.15, 0.2) is 0 Å². The molecule has 1 aliphatic rings. The molecule has 1 aromatic heterocycles. The van der Waals surface area contributed by atoms with Crippen LogP contribution in [0.3, 0.4) is 0 Å². The number of nitrogen functional groups attached to an aromatic ring is 1. The van der Waals surface area contributed by atoms with Gasteiger partial charge in [0, 0.05) is 32.7 Å². The molecule has 1 fully saturated rings. The molecule has 19 heavy (non-hydrogen) atoms. The molecule has 5 nitrogen and oxygen atoms in total. The maximum atomic E-state index is 11.6. The molecule has 0 aliphatic carbocycles. The third kappa shape index (κ3) is 3.76. The third-order valence-electron chi connectivity index (χ3n) is 3.48. The highest BCUT2D eigenvalue weighted by molar-refractivity contribution is 7.12. The van der Waals surface area contributed by atoms with E-state index in [-0.39, 0.29) is 5.91 Å². The zero-order valence-corrected chi connectivity index (χ0v) is 12.2. The Morgan fingerprint density at radius 3 is 2.68 bits per heavy atom. The Morgan fingerprint density at radius 1 is 1.37 bits per heavy atom. The number of amides is 1. The van der Waals surface area contributed by atoms with Crippen LogP contribution in [0.2, 0.25) is 0 Å². The number of nitrogens with one attached hydrogen (secondary N) is 1. The van der Waals surface area contributed by atoms with Crippen molar-refractivity contribution < 1.29 is 4.79 Å². The molecule has 0 bridgehead atoms. The number of carbonyl (C=O) groups excluding carboxylic acids is 1. The zero-order chi connectivity index (χ0) is 13.7. The summed E-state index contributed by atoms with van der Waals surface area (Å²) in [7, 11) is 0. The summed E-state index contributed by atoms with van der Waals surface area (Å²) in [5, 5.41) is 1.95. The number of hydrazine groups is 1. The first-order valence-electron chi connectivity index (χ1n) is 6.76. The van der Waals surface area contributed by atoms with Crippen LogP contribution in [0.4, 0.5) is 0 Å². The molecule has 3 N–H and O–H groups in total. The summed E-state index contributed by atoms with van der Waals surface area (Å²) in [6.07, 6.45) is 1.21. The van der Waals surface area contributed by atoms with Crippen LogP contribution >= 0.6 is 11.3 Å². The molecule has 0 unspecified atom stereocenters. The van der Waals surface area contributed by atoms with E-state index in [1.165, 1.54) is 24.3 Å². The average molecular weight is 282 g/mol. The highest BCUT2D eigenvalue weighted by Gasteiger charge is 2.19. The molecule has 2 rings (SSSR count). The third-order valence-corrected chi connectivity index (χ3v) is 4.44. The first-order valence-corrected chi connectivity index (χ1v) is 7.64. The van der Waals surface area contributed by atoms with Crippen molar-refractivity contribution >= 4 is 17.2 Å². The summed E-state index contributed by atoms with van der Waals surface area (Å²) in [5.41, 5.74) is 3.29. The minimum atomic E-state index is -0.186. The number of hydrogen-bond acceptors (Lipinski definition) is 5. The molecule has 0 spiro atoms. The number of hydrogen-bond donors (Lipinski definition) is 2. The van der Waals surface area contributed by atoms with E-state index in [1.54, 1.807) is 0 Å². The number of thiophene rings is 1. The monoisotopic (exact) mass is 282 g/mol. The SMILES string of the molecule is CCCN1CCN(Cc2ccsc2C(=O)NN)CC1. The summed E-state index contributed by atoms with van der Waals surface area (Å²) in [4.78, 5) is 17.3. The second-order valence-corrected chi connectivity index (χ2v) is 5.78.